The summed E-state index contributed by atoms with van der Waals surface area (Å²) < 4.78 is 29.8. The van der Waals surface area contributed by atoms with Gasteiger partial charge in [-0.25, -0.2) is 0 Å². The predicted molar refractivity (Wildman–Crippen MR) is 77.3 cm³/mol. The van der Waals surface area contributed by atoms with E-state index in [-0.39, 0.29) is 11.9 Å². The van der Waals surface area contributed by atoms with E-state index < -0.39 is 12.3 Å². The summed E-state index contributed by atoms with van der Waals surface area (Å²) in [5.74, 6) is -0.570. The van der Waals surface area contributed by atoms with E-state index in [9.17, 15) is 8.78 Å². The SMILES string of the molecule is NC(CN1CCCC1)c1ccc(-c2nnc(C(F)F)o2)cc1. The Balaban J connectivity index is 1.68. The van der Waals surface area contributed by atoms with Crippen LogP contribution in [0.4, 0.5) is 8.78 Å². The van der Waals surface area contributed by atoms with Gasteiger partial charge in [0, 0.05) is 18.2 Å². The Labute approximate surface area is 127 Å². The van der Waals surface area contributed by atoms with Crippen LogP contribution in [0.15, 0.2) is 28.7 Å². The highest BCUT2D eigenvalue weighted by atomic mass is 19.3. The van der Waals surface area contributed by atoms with E-state index in [1.807, 2.05) is 12.1 Å². The highest BCUT2D eigenvalue weighted by Crippen LogP contribution is 2.24. The van der Waals surface area contributed by atoms with Gasteiger partial charge in [-0.1, -0.05) is 12.1 Å². The number of hydrogen-bond acceptors (Lipinski definition) is 5. The molecule has 5 nitrogen and oxygen atoms in total. The minimum absolute atomic E-state index is 0.0635. The monoisotopic (exact) mass is 308 g/mol. The number of rotatable bonds is 5. The van der Waals surface area contributed by atoms with Crippen LogP contribution in [0.25, 0.3) is 11.5 Å². The molecule has 0 bridgehead atoms. The largest absolute Gasteiger partial charge is 0.415 e. The topological polar surface area (TPSA) is 68.2 Å². The molecule has 0 spiro atoms. The van der Waals surface area contributed by atoms with E-state index in [0.717, 1.165) is 25.2 Å². The third kappa shape index (κ3) is 3.31. The van der Waals surface area contributed by atoms with E-state index in [1.54, 1.807) is 12.1 Å². The van der Waals surface area contributed by atoms with Crippen molar-refractivity contribution in [3.8, 4) is 11.5 Å². The molecule has 0 amide bonds. The fourth-order valence-electron chi connectivity index (χ4n) is 2.66. The lowest BCUT2D eigenvalue weighted by Crippen LogP contribution is -2.29. The Morgan fingerprint density at radius 2 is 1.82 bits per heavy atom. The van der Waals surface area contributed by atoms with Crippen LogP contribution in [0, 0.1) is 0 Å². The van der Waals surface area contributed by atoms with Crippen LogP contribution in [-0.4, -0.2) is 34.7 Å². The van der Waals surface area contributed by atoms with E-state index in [0.29, 0.717) is 5.56 Å². The molecule has 22 heavy (non-hydrogen) atoms. The maximum Gasteiger partial charge on any atom is 0.314 e. The second-order valence-corrected chi connectivity index (χ2v) is 5.48. The Kier molecular flexibility index (Phi) is 4.44. The van der Waals surface area contributed by atoms with Gasteiger partial charge in [0.05, 0.1) is 0 Å². The van der Waals surface area contributed by atoms with E-state index in [4.69, 9.17) is 10.2 Å². The van der Waals surface area contributed by atoms with Gasteiger partial charge in [0.1, 0.15) is 0 Å². The van der Waals surface area contributed by atoms with E-state index in [2.05, 4.69) is 15.1 Å². The smallest absolute Gasteiger partial charge is 0.314 e. The number of nitrogens with two attached hydrogens (primary N) is 1. The first-order valence-electron chi connectivity index (χ1n) is 7.33. The summed E-state index contributed by atoms with van der Waals surface area (Å²) in [6.45, 7) is 3.03. The Hall–Kier alpha value is -1.86. The van der Waals surface area contributed by atoms with Gasteiger partial charge in [-0.2, -0.15) is 8.78 Å². The zero-order valence-electron chi connectivity index (χ0n) is 12.1. The Morgan fingerprint density at radius 3 is 2.41 bits per heavy atom. The number of halogens is 2. The fourth-order valence-corrected chi connectivity index (χ4v) is 2.66. The standard InChI is InChI=1S/C15H18F2N4O/c16-13(17)15-20-19-14(22-15)11-5-3-10(4-6-11)12(18)9-21-7-1-2-8-21/h3-6,12-13H,1-2,7-9,18H2. The first-order valence-corrected chi connectivity index (χ1v) is 7.33. The van der Waals surface area contributed by atoms with Gasteiger partial charge in [0.2, 0.25) is 5.89 Å². The zero-order valence-corrected chi connectivity index (χ0v) is 12.1. The molecule has 1 atom stereocenters. The molecule has 7 heteroatoms. The molecule has 1 aliphatic heterocycles. The van der Waals surface area contributed by atoms with Crippen LogP contribution in [0.2, 0.25) is 0 Å². The normalized spacial score (nSPS) is 17.3. The van der Waals surface area contributed by atoms with Crippen molar-refractivity contribution in [2.24, 2.45) is 5.73 Å². The van der Waals surface area contributed by atoms with Gasteiger partial charge in [-0.15, -0.1) is 10.2 Å². The van der Waals surface area contributed by atoms with Crippen LogP contribution in [0.1, 0.15) is 36.8 Å². The third-order valence-electron chi connectivity index (χ3n) is 3.87. The van der Waals surface area contributed by atoms with Gasteiger partial charge in [-0.3, -0.25) is 0 Å². The number of likely N-dealkylation sites (tertiary alicyclic amines) is 1. The van der Waals surface area contributed by atoms with E-state index >= 15 is 0 Å². The second-order valence-electron chi connectivity index (χ2n) is 5.48. The molecule has 118 valence electrons. The second kappa shape index (κ2) is 6.50. The van der Waals surface area contributed by atoms with Gasteiger partial charge in [0.25, 0.3) is 5.89 Å². The third-order valence-corrected chi connectivity index (χ3v) is 3.87. The highest BCUT2D eigenvalue weighted by molar-refractivity contribution is 5.53. The van der Waals surface area contributed by atoms with Crippen molar-refractivity contribution >= 4 is 0 Å². The maximum atomic E-state index is 12.4. The molecule has 0 radical (unpaired) electrons. The minimum Gasteiger partial charge on any atom is -0.415 e. The summed E-state index contributed by atoms with van der Waals surface area (Å²) in [5.41, 5.74) is 7.83. The van der Waals surface area contributed by atoms with Gasteiger partial charge < -0.3 is 15.1 Å². The maximum absolute atomic E-state index is 12.4. The van der Waals surface area contributed by atoms with Gasteiger partial charge >= 0.3 is 6.43 Å². The Morgan fingerprint density at radius 1 is 1.14 bits per heavy atom. The number of alkyl halides is 2. The van der Waals surface area contributed by atoms with Gasteiger partial charge in [-0.05, 0) is 43.6 Å². The molecule has 0 aliphatic carbocycles. The first kappa shape index (κ1) is 15.1. The van der Waals surface area contributed by atoms with Crippen LogP contribution >= 0.6 is 0 Å². The molecule has 1 aromatic carbocycles. The lowest BCUT2D eigenvalue weighted by molar-refractivity contribution is 0.116. The molecule has 2 aromatic rings. The summed E-state index contributed by atoms with van der Waals surface area (Å²) in [6.07, 6.45) is -0.292. The average molecular weight is 308 g/mol. The molecule has 1 aromatic heterocycles. The van der Waals surface area contributed by atoms with Crippen molar-refractivity contribution in [3.05, 3.63) is 35.7 Å². The Bertz CT molecular complexity index is 608. The summed E-state index contributed by atoms with van der Waals surface area (Å²) in [7, 11) is 0. The van der Waals surface area contributed by atoms with Crippen LogP contribution in [0.5, 0.6) is 0 Å². The van der Waals surface area contributed by atoms with Crippen molar-refractivity contribution in [1.29, 1.82) is 0 Å². The number of hydrogen-bond donors (Lipinski definition) is 1. The molecule has 0 saturated carbocycles. The zero-order chi connectivity index (χ0) is 15.5. The van der Waals surface area contributed by atoms with Crippen molar-refractivity contribution in [2.45, 2.75) is 25.3 Å². The van der Waals surface area contributed by atoms with Crippen molar-refractivity contribution < 1.29 is 13.2 Å². The molecular weight excluding hydrogens is 290 g/mol. The highest BCUT2D eigenvalue weighted by Gasteiger charge is 2.18. The number of aromatic nitrogens is 2. The molecular formula is C15H18F2N4O. The molecule has 1 unspecified atom stereocenters. The summed E-state index contributed by atoms with van der Waals surface area (Å²) in [5, 5.41) is 6.95. The molecule has 1 aliphatic rings. The predicted octanol–water partition coefficient (Wildman–Crippen LogP) is 2.77. The minimum atomic E-state index is -2.76. The quantitative estimate of drug-likeness (QED) is 0.920. The molecule has 1 saturated heterocycles. The fraction of sp³-hybridized carbons (Fsp3) is 0.467. The lowest BCUT2D eigenvalue weighted by atomic mass is 10.1. The van der Waals surface area contributed by atoms with E-state index in [1.165, 1.54) is 12.8 Å². The van der Waals surface area contributed by atoms with Crippen LogP contribution in [0.3, 0.4) is 0 Å². The summed E-state index contributed by atoms with van der Waals surface area (Å²) in [6, 6.07) is 7.22. The molecule has 2 heterocycles. The van der Waals surface area contributed by atoms with Crippen molar-refractivity contribution in [3.63, 3.8) is 0 Å². The van der Waals surface area contributed by atoms with Crippen molar-refractivity contribution in [1.82, 2.24) is 15.1 Å². The number of benzene rings is 1. The van der Waals surface area contributed by atoms with Crippen molar-refractivity contribution in [2.75, 3.05) is 19.6 Å². The lowest BCUT2D eigenvalue weighted by Gasteiger charge is -2.20. The van der Waals surface area contributed by atoms with Crippen LogP contribution in [-0.2, 0) is 0 Å². The summed E-state index contributed by atoms with van der Waals surface area (Å²) in [4.78, 5) is 2.35. The first-order chi connectivity index (χ1) is 10.6. The van der Waals surface area contributed by atoms with Crippen LogP contribution < -0.4 is 5.73 Å². The average Bonchev–Trinajstić information content (AvgIpc) is 3.18. The van der Waals surface area contributed by atoms with Gasteiger partial charge in [0.15, 0.2) is 0 Å². The molecule has 3 rings (SSSR count). The molecule has 1 fully saturated rings. The number of nitrogens with zero attached hydrogens (tertiary/aromatic N) is 3. The molecule has 2 N–H and O–H groups in total. The summed E-state index contributed by atoms with van der Waals surface area (Å²) >= 11 is 0.